The van der Waals surface area contributed by atoms with Crippen molar-refractivity contribution in [2.45, 2.75) is 46.6 Å². The SMILES string of the molecule is CCC(O)(c1cccc(C)c1C)C(C)C. The van der Waals surface area contributed by atoms with Gasteiger partial charge in [-0.05, 0) is 42.9 Å². The van der Waals surface area contributed by atoms with Gasteiger partial charge in [0.1, 0.15) is 0 Å². The number of rotatable bonds is 3. The van der Waals surface area contributed by atoms with Crippen molar-refractivity contribution < 1.29 is 5.11 Å². The standard InChI is InChI=1S/C14H22O/c1-6-14(15,10(2)3)13-9-7-8-11(4)12(13)5/h7-10,15H,6H2,1-5H3. The van der Waals surface area contributed by atoms with Crippen molar-refractivity contribution in [1.82, 2.24) is 0 Å². The van der Waals surface area contributed by atoms with E-state index in [1.807, 2.05) is 19.1 Å². The van der Waals surface area contributed by atoms with Crippen molar-refractivity contribution in [3.05, 3.63) is 34.9 Å². The molecule has 15 heavy (non-hydrogen) atoms. The monoisotopic (exact) mass is 206 g/mol. The Bertz CT molecular complexity index is 341. The Labute approximate surface area is 93.1 Å². The van der Waals surface area contributed by atoms with E-state index in [2.05, 4.69) is 33.8 Å². The number of aliphatic hydroxyl groups is 1. The summed E-state index contributed by atoms with van der Waals surface area (Å²) in [6.45, 7) is 10.4. The molecule has 0 radical (unpaired) electrons. The summed E-state index contributed by atoms with van der Waals surface area (Å²) >= 11 is 0. The highest BCUT2D eigenvalue weighted by atomic mass is 16.3. The summed E-state index contributed by atoms with van der Waals surface area (Å²) < 4.78 is 0. The third kappa shape index (κ3) is 2.07. The summed E-state index contributed by atoms with van der Waals surface area (Å²) in [5.74, 6) is 0.239. The minimum absolute atomic E-state index is 0.239. The Hall–Kier alpha value is -0.820. The zero-order chi connectivity index (χ0) is 11.6. The molecule has 84 valence electrons. The van der Waals surface area contributed by atoms with E-state index in [4.69, 9.17) is 0 Å². The quantitative estimate of drug-likeness (QED) is 0.801. The molecular formula is C14H22O. The van der Waals surface area contributed by atoms with Gasteiger partial charge in [0, 0.05) is 0 Å². The van der Waals surface area contributed by atoms with Gasteiger partial charge < -0.3 is 5.11 Å². The lowest BCUT2D eigenvalue weighted by Crippen LogP contribution is -2.32. The summed E-state index contributed by atoms with van der Waals surface area (Å²) in [5.41, 5.74) is 2.87. The second kappa shape index (κ2) is 4.36. The molecule has 1 heteroatoms. The van der Waals surface area contributed by atoms with E-state index in [9.17, 15) is 5.11 Å². The van der Waals surface area contributed by atoms with Crippen LogP contribution in [0.25, 0.3) is 0 Å². The van der Waals surface area contributed by atoms with E-state index >= 15 is 0 Å². The third-order valence-electron chi connectivity index (χ3n) is 3.57. The van der Waals surface area contributed by atoms with Crippen LogP contribution in [0.5, 0.6) is 0 Å². The molecule has 0 amide bonds. The number of hydrogen-bond donors (Lipinski definition) is 1. The summed E-state index contributed by atoms with van der Waals surface area (Å²) in [5, 5.41) is 10.7. The van der Waals surface area contributed by atoms with Crippen LogP contribution in [0.2, 0.25) is 0 Å². The minimum Gasteiger partial charge on any atom is -0.385 e. The van der Waals surface area contributed by atoms with E-state index < -0.39 is 5.60 Å². The molecule has 0 spiro atoms. The first-order valence-corrected chi connectivity index (χ1v) is 5.72. The van der Waals surface area contributed by atoms with Gasteiger partial charge >= 0.3 is 0 Å². The minimum atomic E-state index is -0.684. The fourth-order valence-corrected chi connectivity index (χ4v) is 2.13. The highest BCUT2D eigenvalue weighted by Crippen LogP contribution is 2.35. The number of aryl methyl sites for hydroxylation is 1. The van der Waals surface area contributed by atoms with Gasteiger partial charge in [0.25, 0.3) is 0 Å². The lowest BCUT2D eigenvalue weighted by Gasteiger charge is -2.33. The van der Waals surface area contributed by atoms with Gasteiger partial charge in [0.2, 0.25) is 0 Å². The molecule has 0 saturated carbocycles. The maximum atomic E-state index is 10.7. The van der Waals surface area contributed by atoms with E-state index in [0.717, 1.165) is 12.0 Å². The first-order chi connectivity index (χ1) is 6.93. The number of benzene rings is 1. The molecular weight excluding hydrogens is 184 g/mol. The molecule has 0 fully saturated rings. The van der Waals surface area contributed by atoms with Crippen LogP contribution in [0, 0.1) is 19.8 Å². The summed E-state index contributed by atoms with van der Waals surface area (Å²) in [4.78, 5) is 0. The Morgan fingerprint density at radius 3 is 2.33 bits per heavy atom. The average molecular weight is 206 g/mol. The predicted molar refractivity (Wildman–Crippen MR) is 64.9 cm³/mol. The van der Waals surface area contributed by atoms with Crippen molar-refractivity contribution in [3.63, 3.8) is 0 Å². The smallest absolute Gasteiger partial charge is 0.0919 e. The van der Waals surface area contributed by atoms with Gasteiger partial charge in [-0.25, -0.2) is 0 Å². The summed E-state index contributed by atoms with van der Waals surface area (Å²) in [6, 6.07) is 6.17. The maximum absolute atomic E-state index is 10.7. The highest BCUT2D eigenvalue weighted by Gasteiger charge is 2.32. The van der Waals surface area contributed by atoms with Crippen molar-refractivity contribution >= 4 is 0 Å². The zero-order valence-electron chi connectivity index (χ0n) is 10.5. The first-order valence-electron chi connectivity index (χ1n) is 5.72. The summed E-state index contributed by atoms with van der Waals surface area (Å²) in [7, 11) is 0. The molecule has 0 saturated heterocycles. The topological polar surface area (TPSA) is 20.2 Å². The highest BCUT2D eigenvalue weighted by molar-refractivity contribution is 5.37. The first kappa shape index (κ1) is 12.3. The van der Waals surface area contributed by atoms with Crippen LogP contribution in [0.3, 0.4) is 0 Å². The van der Waals surface area contributed by atoms with Gasteiger partial charge in [-0.1, -0.05) is 39.0 Å². The Morgan fingerprint density at radius 1 is 1.27 bits per heavy atom. The average Bonchev–Trinajstić information content (AvgIpc) is 2.20. The Morgan fingerprint density at radius 2 is 1.87 bits per heavy atom. The van der Waals surface area contributed by atoms with Crippen molar-refractivity contribution in [2.24, 2.45) is 5.92 Å². The third-order valence-corrected chi connectivity index (χ3v) is 3.57. The molecule has 0 bridgehead atoms. The van der Waals surface area contributed by atoms with Crippen LogP contribution in [-0.2, 0) is 5.60 Å². The van der Waals surface area contributed by atoms with E-state index in [1.165, 1.54) is 11.1 Å². The molecule has 1 N–H and O–H groups in total. The van der Waals surface area contributed by atoms with E-state index in [-0.39, 0.29) is 5.92 Å². The fourth-order valence-electron chi connectivity index (χ4n) is 2.13. The molecule has 1 rings (SSSR count). The zero-order valence-corrected chi connectivity index (χ0v) is 10.5. The largest absolute Gasteiger partial charge is 0.385 e. The molecule has 1 unspecified atom stereocenters. The Balaban J connectivity index is 3.30. The molecule has 1 aromatic carbocycles. The van der Waals surface area contributed by atoms with Gasteiger partial charge in [0.05, 0.1) is 5.60 Å². The van der Waals surface area contributed by atoms with Gasteiger partial charge in [0.15, 0.2) is 0 Å². The molecule has 1 nitrogen and oxygen atoms in total. The van der Waals surface area contributed by atoms with Crippen LogP contribution >= 0.6 is 0 Å². The van der Waals surface area contributed by atoms with E-state index in [0.29, 0.717) is 0 Å². The normalized spacial score (nSPS) is 15.4. The molecule has 0 aliphatic carbocycles. The predicted octanol–water partition coefficient (Wildman–Crippen LogP) is 3.56. The lowest BCUT2D eigenvalue weighted by molar-refractivity contribution is -0.0146. The maximum Gasteiger partial charge on any atom is 0.0919 e. The molecule has 0 aliphatic heterocycles. The second-order valence-electron chi connectivity index (χ2n) is 4.68. The van der Waals surface area contributed by atoms with Crippen molar-refractivity contribution in [1.29, 1.82) is 0 Å². The van der Waals surface area contributed by atoms with Crippen LogP contribution in [0.4, 0.5) is 0 Å². The fraction of sp³-hybridized carbons (Fsp3) is 0.571. The molecule has 1 aromatic rings. The second-order valence-corrected chi connectivity index (χ2v) is 4.68. The molecule has 1 atom stereocenters. The van der Waals surface area contributed by atoms with Crippen LogP contribution in [-0.4, -0.2) is 5.11 Å². The Kier molecular flexibility index (Phi) is 3.56. The van der Waals surface area contributed by atoms with Crippen LogP contribution in [0.1, 0.15) is 43.9 Å². The van der Waals surface area contributed by atoms with Crippen LogP contribution in [0.15, 0.2) is 18.2 Å². The van der Waals surface area contributed by atoms with Gasteiger partial charge in [-0.2, -0.15) is 0 Å². The lowest BCUT2D eigenvalue weighted by atomic mass is 9.78. The van der Waals surface area contributed by atoms with Crippen molar-refractivity contribution in [2.75, 3.05) is 0 Å². The van der Waals surface area contributed by atoms with Gasteiger partial charge in [-0.15, -0.1) is 0 Å². The van der Waals surface area contributed by atoms with Crippen molar-refractivity contribution in [3.8, 4) is 0 Å². The molecule has 0 heterocycles. The van der Waals surface area contributed by atoms with Crippen LogP contribution < -0.4 is 0 Å². The number of hydrogen-bond acceptors (Lipinski definition) is 1. The van der Waals surface area contributed by atoms with Gasteiger partial charge in [-0.3, -0.25) is 0 Å². The molecule has 0 aromatic heterocycles. The summed E-state index contributed by atoms with van der Waals surface area (Å²) in [6.07, 6.45) is 0.759. The molecule has 0 aliphatic rings. The van der Waals surface area contributed by atoms with E-state index in [1.54, 1.807) is 0 Å².